The van der Waals surface area contributed by atoms with E-state index >= 15 is 0 Å². The molecule has 0 radical (unpaired) electrons. The Morgan fingerprint density at radius 2 is 1.53 bits per heavy atom. The van der Waals surface area contributed by atoms with Gasteiger partial charge in [0.1, 0.15) is 5.75 Å². The molecule has 0 atom stereocenters. The lowest BCUT2D eigenvalue weighted by molar-refractivity contribution is -0.138. The van der Waals surface area contributed by atoms with Crippen LogP contribution in [0, 0.1) is 0 Å². The predicted octanol–water partition coefficient (Wildman–Crippen LogP) is 7.08. The zero-order valence-electron chi connectivity index (χ0n) is 19.7. The average Bonchev–Trinajstić information content (AvgIpc) is 2.87. The molecule has 0 spiro atoms. The molecule has 0 fully saturated rings. The third kappa shape index (κ3) is 7.21. The number of rotatable bonds is 10. The van der Waals surface area contributed by atoms with Gasteiger partial charge in [0.05, 0.1) is 19.3 Å². The van der Waals surface area contributed by atoms with Crippen LogP contribution in [0.3, 0.4) is 0 Å². The van der Waals surface area contributed by atoms with Crippen molar-refractivity contribution in [3.63, 3.8) is 0 Å². The smallest absolute Gasteiger partial charge is 0.338 e. The van der Waals surface area contributed by atoms with Crippen LogP contribution < -0.4 is 4.74 Å². The maximum atomic E-state index is 12.9. The lowest BCUT2D eigenvalue weighted by atomic mass is 9.91. The van der Waals surface area contributed by atoms with Crippen molar-refractivity contribution in [3.8, 4) is 5.75 Å². The second kappa shape index (κ2) is 12.8. The molecular weight excluding hydrogens is 420 g/mol. The Morgan fingerprint density at radius 3 is 2.15 bits per heavy atom. The molecule has 3 aromatic rings. The van der Waals surface area contributed by atoms with Crippen molar-refractivity contribution in [1.29, 1.82) is 0 Å². The highest BCUT2D eigenvalue weighted by Gasteiger charge is 2.17. The quantitative estimate of drug-likeness (QED) is 0.188. The second-order valence-corrected chi connectivity index (χ2v) is 7.65. The van der Waals surface area contributed by atoms with Crippen molar-refractivity contribution in [2.24, 2.45) is 0 Å². The van der Waals surface area contributed by atoms with Gasteiger partial charge < -0.3 is 9.47 Å². The molecule has 3 nitrogen and oxygen atoms in total. The molecule has 3 aromatic carbocycles. The first-order valence-electron chi connectivity index (χ1n) is 11.3. The van der Waals surface area contributed by atoms with Gasteiger partial charge in [-0.05, 0) is 59.4 Å². The maximum absolute atomic E-state index is 12.9. The number of carbonyl (C=O) groups is 1. The molecule has 0 aliphatic rings. The monoisotopic (exact) mass is 450 g/mol. The number of esters is 1. The molecule has 0 aromatic heterocycles. The van der Waals surface area contributed by atoms with Gasteiger partial charge in [0, 0.05) is 0 Å². The molecule has 34 heavy (non-hydrogen) atoms. The zero-order chi connectivity index (χ0) is 24.2. The van der Waals surface area contributed by atoms with Crippen LogP contribution in [0.2, 0.25) is 0 Å². The van der Waals surface area contributed by atoms with E-state index < -0.39 is 0 Å². The van der Waals surface area contributed by atoms with Crippen LogP contribution in [0.15, 0.2) is 120 Å². The highest BCUT2D eigenvalue weighted by Crippen LogP contribution is 2.26. The minimum absolute atomic E-state index is 0.294. The first-order chi connectivity index (χ1) is 16.6. The molecule has 0 unspecified atom stereocenters. The van der Waals surface area contributed by atoms with Crippen molar-refractivity contribution >= 4 is 18.1 Å². The Balaban J connectivity index is 1.99. The topological polar surface area (TPSA) is 35.5 Å². The summed E-state index contributed by atoms with van der Waals surface area (Å²) in [6.45, 7) is 6.41. The highest BCUT2D eigenvalue weighted by atomic mass is 16.5. The van der Waals surface area contributed by atoms with Crippen LogP contribution in [0.25, 0.3) is 12.2 Å². The van der Waals surface area contributed by atoms with Crippen molar-refractivity contribution in [2.75, 3.05) is 13.7 Å². The second-order valence-electron chi connectivity index (χ2n) is 7.65. The molecule has 172 valence electrons. The summed E-state index contributed by atoms with van der Waals surface area (Å²) < 4.78 is 10.6. The summed E-state index contributed by atoms with van der Waals surface area (Å²) in [5, 5.41) is 0. The summed E-state index contributed by atoms with van der Waals surface area (Å²) in [7, 11) is 1.65. The summed E-state index contributed by atoms with van der Waals surface area (Å²) in [6, 6.07) is 27.9. The third-order valence-corrected chi connectivity index (χ3v) is 5.25. The number of methoxy groups -OCH3 is 1. The van der Waals surface area contributed by atoms with E-state index in [1.54, 1.807) is 20.1 Å². The number of hydrogen-bond acceptors (Lipinski definition) is 3. The van der Waals surface area contributed by atoms with Crippen LogP contribution in [-0.4, -0.2) is 19.7 Å². The van der Waals surface area contributed by atoms with E-state index in [4.69, 9.17) is 9.47 Å². The van der Waals surface area contributed by atoms with Gasteiger partial charge in [0.2, 0.25) is 0 Å². The fraction of sp³-hybridized carbons (Fsp3) is 0.129. The molecule has 3 rings (SSSR count). The maximum Gasteiger partial charge on any atom is 0.338 e. The SMILES string of the molecule is C=C(/C(=C/C=C/c1ccccc1)C(=O)OCC)/C(=C/c1ccc(OC)cc1)Cc1ccccc1. The first-order valence-corrected chi connectivity index (χ1v) is 11.3. The Morgan fingerprint density at radius 1 is 0.882 bits per heavy atom. The van der Waals surface area contributed by atoms with E-state index in [1.807, 2.05) is 84.9 Å². The van der Waals surface area contributed by atoms with Crippen LogP contribution in [0.4, 0.5) is 0 Å². The molecule has 0 bridgehead atoms. The van der Waals surface area contributed by atoms with Crippen LogP contribution >= 0.6 is 0 Å². The van der Waals surface area contributed by atoms with Gasteiger partial charge in [0.25, 0.3) is 0 Å². The van der Waals surface area contributed by atoms with Crippen molar-refractivity contribution < 1.29 is 14.3 Å². The standard InChI is InChI=1S/C31H30O3/c1-4-34-31(32)30(17-11-16-25-12-7-5-8-13-25)24(2)28(22-26-14-9-6-10-15-26)23-27-18-20-29(33-3)21-19-27/h5-21,23H,2,4,22H2,1,3H3/b16-11+,28-23+,30-17-. The van der Waals surface area contributed by atoms with Crippen LogP contribution in [-0.2, 0) is 16.0 Å². The van der Waals surface area contributed by atoms with Gasteiger partial charge in [-0.15, -0.1) is 0 Å². The van der Waals surface area contributed by atoms with Crippen molar-refractivity contribution in [3.05, 3.63) is 137 Å². The highest BCUT2D eigenvalue weighted by molar-refractivity contribution is 5.96. The van der Waals surface area contributed by atoms with Gasteiger partial charge >= 0.3 is 5.97 Å². The zero-order valence-corrected chi connectivity index (χ0v) is 19.7. The predicted molar refractivity (Wildman–Crippen MR) is 140 cm³/mol. The molecule has 0 saturated carbocycles. The molecule has 0 N–H and O–H groups in total. The van der Waals surface area contributed by atoms with Gasteiger partial charge in [-0.1, -0.05) is 97.6 Å². The minimum atomic E-state index is -0.390. The summed E-state index contributed by atoms with van der Waals surface area (Å²) in [6.07, 6.45) is 8.28. The lowest BCUT2D eigenvalue weighted by Gasteiger charge is -2.15. The first kappa shape index (κ1) is 24.5. The van der Waals surface area contributed by atoms with Gasteiger partial charge in [0.15, 0.2) is 0 Å². The van der Waals surface area contributed by atoms with Crippen LogP contribution in [0.5, 0.6) is 5.75 Å². The fourth-order valence-corrected chi connectivity index (χ4v) is 3.46. The normalized spacial score (nSPS) is 11.9. The molecule has 0 saturated heterocycles. The van der Waals surface area contributed by atoms with Gasteiger partial charge in [-0.3, -0.25) is 0 Å². The number of hydrogen-bond donors (Lipinski definition) is 0. The summed E-state index contributed by atoms with van der Waals surface area (Å²) >= 11 is 0. The van der Waals surface area contributed by atoms with Gasteiger partial charge in [-0.2, -0.15) is 0 Å². The van der Waals surface area contributed by atoms with Crippen molar-refractivity contribution in [2.45, 2.75) is 13.3 Å². The van der Waals surface area contributed by atoms with E-state index in [2.05, 4.69) is 24.8 Å². The number of carbonyl (C=O) groups excluding carboxylic acids is 1. The molecule has 3 heteroatoms. The Hall–Kier alpha value is -4.11. The number of allylic oxidation sites excluding steroid dienone is 3. The molecule has 0 aliphatic heterocycles. The molecular formula is C31H30O3. The van der Waals surface area contributed by atoms with E-state index in [-0.39, 0.29) is 5.97 Å². The number of benzene rings is 3. The Bertz CT molecular complexity index is 1170. The van der Waals surface area contributed by atoms with Gasteiger partial charge in [-0.25, -0.2) is 4.79 Å². The summed E-state index contributed by atoms with van der Waals surface area (Å²) in [5.74, 6) is 0.401. The lowest BCUT2D eigenvalue weighted by Crippen LogP contribution is -2.11. The minimum Gasteiger partial charge on any atom is -0.497 e. The Labute approximate surface area is 202 Å². The molecule has 0 aliphatic carbocycles. The summed E-state index contributed by atoms with van der Waals surface area (Å²) in [4.78, 5) is 12.9. The van der Waals surface area contributed by atoms with E-state index in [9.17, 15) is 4.79 Å². The fourth-order valence-electron chi connectivity index (χ4n) is 3.46. The largest absolute Gasteiger partial charge is 0.497 e. The third-order valence-electron chi connectivity index (χ3n) is 5.25. The summed E-state index contributed by atoms with van der Waals surface area (Å²) in [5.41, 5.74) is 5.18. The van der Waals surface area contributed by atoms with E-state index in [0.717, 1.165) is 28.0 Å². The van der Waals surface area contributed by atoms with E-state index in [1.165, 1.54) is 0 Å². The van der Waals surface area contributed by atoms with Crippen molar-refractivity contribution in [1.82, 2.24) is 0 Å². The van der Waals surface area contributed by atoms with E-state index in [0.29, 0.717) is 24.2 Å². The van der Waals surface area contributed by atoms with Crippen LogP contribution in [0.1, 0.15) is 23.6 Å². The Kier molecular flexibility index (Phi) is 9.24. The molecule has 0 amide bonds. The molecule has 0 heterocycles. The number of ether oxygens (including phenoxy) is 2. The average molecular weight is 451 g/mol.